The highest BCUT2D eigenvalue weighted by Crippen LogP contribution is 2.25. The van der Waals surface area contributed by atoms with E-state index in [1.54, 1.807) is 0 Å². The molecular formula is C9H12BrNS2. The molecule has 0 atom stereocenters. The third kappa shape index (κ3) is 2.72. The molecule has 2 rings (SSSR count). The fourth-order valence-electron chi connectivity index (χ4n) is 1.40. The van der Waals surface area contributed by atoms with E-state index in [0.29, 0.717) is 0 Å². The van der Waals surface area contributed by atoms with E-state index in [4.69, 9.17) is 0 Å². The number of halogens is 1. The maximum absolute atomic E-state index is 3.57. The lowest BCUT2D eigenvalue weighted by atomic mass is 10.4. The van der Waals surface area contributed by atoms with Gasteiger partial charge in [0.25, 0.3) is 0 Å². The molecule has 4 heteroatoms. The summed E-state index contributed by atoms with van der Waals surface area (Å²) in [6.45, 7) is 3.61. The minimum Gasteiger partial charge on any atom is -0.297 e. The Morgan fingerprint density at radius 3 is 2.77 bits per heavy atom. The van der Waals surface area contributed by atoms with E-state index in [1.165, 1.54) is 33.9 Å². The monoisotopic (exact) mass is 277 g/mol. The first-order valence-electron chi connectivity index (χ1n) is 4.38. The summed E-state index contributed by atoms with van der Waals surface area (Å²) >= 11 is 7.48. The first kappa shape index (κ1) is 10.0. The molecule has 1 fully saturated rings. The van der Waals surface area contributed by atoms with Crippen LogP contribution in [0.25, 0.3) is 0 Å². The van der Waals surface area contributed by atoms with Crippen LogP contribution in [0.2, 0.25) is 0 Å². The van der Waals surface area contributed by atoms with Gasteiger partial charge >= 0.3 is 0 Å². The minimum atomic E-state index is 1.12. The molecule has 0 aliphatic carbocycles. The molecule has 0 aromatic carbocycles. The Morgan fingerprint density at radius 1 is 1.38 bits per heavy atom. The van der Waals surface area contributed by atoms with Crippen LogP contribution in [0.3, 0.4) is 0 Å². The zero-order valence-electron chi connectivity index (χ0n) is 7.33. The van der Waals surface area contributed by atoms with Crippen LogP contribution in [-0.4, -0.2) is 29.5 Å². The van der Waals surface area contributed by atoms with E-state index in [9.17, 15) is 0 Å². The Kier molecular flexibility index (Phi) is 3.72. The molecule has 1 aromatic heterocycles. The Morgan fingerprint density at radius 2 is 2.15 bits per heavy atom. The fourth-order valence-corrected chi connectivity index (χ4v) is 3.90. The summed E-state index contributed by atoms with van der Waals surface area (Å²) < 4.78 is 1.27. The van der Waals surface area contributed by atoms with Gasteiger partial charge in [0.1, 0.15) is 0 Å². The molecule has 1 nitrogen and oxygen atoms in total. The zero-order valence-corrected chi connectivity index (χ0v) is 10.6. The van der Waals surface area contributed by atoms with Crippen molar-refractivity contribution in [2.45, 2.75) is 6.54 Å². The quantitative estimate of drug-likeness (QED) is 0.818. The van der Waals surface area contributed by atoms with Crippen molar-refractivity contribution in [1.29, 1.82) is 0 Å². The molecule has 1 aromatic rings. The highest BCUT2D eigenvalue weighted by atomic mass is 79.9. The SMILES string of the molecule is Brc1ccsc1CN1CCSCC1. The van der Waals surface area contributed by atoms with E-state index in [0.717, 1.165) is 6.54 Å². The molecule has 0 saturated carbocycles. The van der Waals surface area contributed by atoms with Crippen LogP contribution in [-0.2, 0) is 6.54 Å². The average molecular weight is 278 g/mol. The maximum atomic E-state index is 3.57. The zero-order chi connectivity index (χ0) is 9.10. The van der Waals surface area contributed by atoms with Gasteiger partial charge in [0.05, 0.1) is 0 Å². The predicted molar refractivity (Wildman–Crippen MR) is 64.6 cm³/mol. The van der Waals surface area contributed by atoms with Gasteiger partial charge in [-0.05, 0) is 27.4 Å². The predicted octanol–water partition coefficient (Wildman–Crippen LogP) is 3.06. The van der Waals surface area contributed by atoms with Crippen LogP contribution >= 0.6 is 39.0 Å². The molecule has 0 unspecified atom stereocenters. The second-order valence-electron chi connectivity index (χ2n) is 3.08. The van der Waals surface area contributed by atoms with Crippen molar-refractivity contribution in [2.75, 3.05) is 24.6 Å². The van der Waals surface area contributed by atoms with Crippen molar-refractivity contribution in [3.8, 4) is 0 Å². The number of nitrogens with zero attached hydrogens (tertiary/aromatic N) is 1. The summed E-state index contributed by atoms with van der Waals surface area (Å²) in [5.74, 6) is 2.59. The average Bonchev–Trinajstić information content (AvgIpc) is 2.54. The summed E-state index contributed by atoms with van der Waals surface area (Å²) in [6, 6.07) is 2.14. The topological polar surface area (TPSA) is 3.24 Å². The number of thiophene rings is 1. The van der Waals surface area contributed by atoms with Crippen molar-refractivity contribution in [3.05, 3.63) is 20.8 Å². The summed E-state index contributed by atoms with van der Waals surface area (Å²) in [5.41, 5.74) is 0. The van der Waals surface area contributed by atoms with Gasteiger partial charge in [-0.1, -0.05) is 0 Å². The number of hydrogen-bond acceptors (Lipinski definition) is 3. The molecule has 2 heterocycles. The summed E-state index contributed by atoms with van der Waals surface area (Å²) in [6.07, 6.45) is 0. The number of hydrogen-bond donors (Lipinski definition) is 0. The maximum Gasteiger partial charge on any atom is 0.0339 e. The van der Waals surface area contributed by atoms with Gasteiger partial charge in [0.2, 0.25) is 0 Å². The lowest BCUT2D eigenvalue weighted by molar-refractivity contribution is 0.297. The largest absolute Gasteiger partial charge is 0.297 e. The van der Waals surface area contributed by atoms with Crippen molar-refractivity contribution < 1.29 is 0 Å². The molecule has 72 valence electrons. The molecular weight excluding hydrogens is 266 g/mol. The Hall–Kier alpha value is 0.490. The lowest BCUT2D eigenvalue weighted by Crippen LogP contribution is -2.31. The van der Waals surface area contributed by atoms with E-state index < -0.39 is 0 Å². The Bertz CT molecular complexity index is 268. The van der Waals surface area contributed by atoms with Gasteiger partial charge in [-0.3, -0.25) is 4.90 Å². The molecule has 1 saturated heterocycles. The van der Waals surface area contributed by atoms with Crippen LogP contribution in [0.4, 0.5) is 0 Å². The Balaban J connectivity index is 1.93. The van der Waals surface area contributed by atoms with Crippen LogP contribution in [0.15, 0.2) is 15.9 Å². The van der Waals surface area contributed by atoms with Gasteiger partial charge in [-0.25, -0.2) is 0 Å². The molecule has 0 radical (unpaired) electrons. The summed E-state index contributed by atoms with van der Waals surface area (Å²) in [7, 11) is 0. The normalized spacial score (nSPS) is 19.2. The number of rotatable bonds is 2. The van der Waals surface area contributed by atoms with E-state index >= 15 is 0 Å². The van der Waals surface area contributed by atoms with Crippen LogP contribution in [0.5, 0.6) is 0 Å². The van der Waals surface area contributed by atoms with Crippen molar-refractivity contribution in [3.63, 3.8) is 0 Å². The van der Waals surface area contributed by atoms with Gasteiger partial charge < -0.3 is 0 Å². The number of thioether (sulfide) groups is 1. The Labute approximate surface area is 95.6 Å². The van der Waals surface area contributed by atoms with Crippen molar-refractivity contribution in [2.24, 2.45) is 0 Å². The molecule has 1 aliphatic rings. The van der Waals surface area contributed by atoms with Crippen molar-refractivity contribution >= 4 is 39.0 Å². The first-order chi connectivity index (χ1) is 6.36. The summed E-state index contributed by atoms with van der Waals surface area (Å²) in [4.78, 5) is 4.00. The second-order valence-corrected chi connectivity index (χ2v) is 6.16. The van der Waals surface area contributed by atoms with Crippen LogP contribution < -0.4 is 0 Å². The van der Waals surface area contributed by atoms with Gasteiger partial charge in [-0.2, -0.15) is 11.8 Å². The third-order valence-electron chi connectivity index (χ3n) is 2.16. The second kappa shape index (κ2) is 4.82. The smallest absolute Gasteiger partial charge is 0.0339 e. The summed E-state index contributed by atoms with van der Waals surface area (Å²) in [5, 5.41) is 2.15. The molecule has 0 bridgehead atoms. The highest BCUT2D eigenvalue weighted by Gasteiger charge is 2.12. The molecule has 1 aliphatic heterocycles. The lowest BCUT2D eigenvalue weighted by Gasteiger charge is -2.25. The van der Waals surface area contributed by atoms with Crippen LogP contribution in [0.1, 0.15) is 4.88 Å². The van der Waals surface area contributed by atoms with E-state index in [-0.39, 0.29) is 0 Å². The first-order valence-corrected chi connectivity index (χ1v) is 7.21. The molecule has 0 spiro atoms. The van der Waals surface area contributed by atoms with E-state index in [2.05, 4.69) is 44.0 Å². The van der Waals surface area contributed by atoms with E-state index in [1.807, 2.05) is 11.3 Å². The highest BCUT2D eigenvalue weighted by molar-refractivity contribution is 9.10. The standard InChI is InChI=1S/C9H12BrNS2/c10-8-1-4-13-9(8)7-11-2-5-12-6-3-11/h1,4H,2-3,5-7H2. The van der Waals surface area contributed by atoms with Gasteiger partial charge in [0.15, 0.2) is 0 Å². The molecule has 0 amide bonds. The molecule has 13 heavy (non-hydrogen) atoms. The third-order valence-corrected chi connectivity index (χ3v) is 5.02. The molecule has 0 N–H and O–H groups in total. The van der Waals surface area contributed by atoms with Crippen LogP contribution in [0, 0.1) is 0 Å². The van der Waals surface area contributed by atoms with Gasteiger partial charge in [0, 0.05) is 40.5 Å². The van der Waals surface area contributed by atoms with Crippen molar-refractivity contribution in [1.82, 2.24) is 4.90 Å². The minimum absolute atomic E-state index is 1.12. The fraction of sp³-hybridized carbons (Fsp3) is 0.556. The van der Waals surface area contributed by atoms with Gasteiger partial charge in [-0.15, -0.1) is 11.3 Å².